The van der Waals surface area contributed by atoms with Gasteiger partial charge in [-0.1, -0.05) is 62.4 Å². The van der Waals surface area contributed by atoms with E-state index in [9.17, 15) is 18.0 Å². The van der Waals surface area contributed by atoms with Gasteiger partial charge in [-0.05, 0) is 54.2 Å². The zero-order valence-electron chi connectivity index (χ0n) is 20.0. The van der Waals surface area contributed by atoms with Gasteiger partial charge in [0, 0.05) is 18.7 Å². The molecule has 2 unspecified atom stereocenters. The molecular weight excluding hydrogens is 460 g/mol. The number of para-hydroxylation sites is 1. The van der Waals surface area contributed by atoms with E-state index < -0.39 is 15.7 Å². The van der Waals surface area contributed by atoms with Crippen molar-refractivity contribution in [1.29, 1.82) is 0 Å². The minimum absolute atomic E-state index is 0.0784. The zero-order chi connectivity index (χ0) is 25.0. The molecule has 1 N–H and O–H groups in total. The van der Waals surface area contributed by atoms with Crippen LogP contribution >= 0.6 is 0 Å². The van der Waals surface area contributed by atoms with Crippen LogP contribution in [-0.4, -0.2) is 38.2 Å². The van der Waals surface area contributed by atoms with Crippen molar-refractivity contribution in [3.8, 4) is 0 Å². The third-order valence-electron chi connectivity index (χ3n) is 6.22. The van der Waals surface area contributed by atoms with Gasteiger partial charge in [0.05, 0.1) is 21.9 Å². The average molecular weight is 491 g/mol. The number of hydrogen-bond donors (Lipinski definition) is 1. The number of piperidine rings is 1. The normalized spacial score (nSPS) is 18.2. The van der Waals surface area contributed by atoms with Crippen LogP contribution < -0.4 is 5.32 Å². The number of amides is 2. The van der Waals surface area contributed by atoms with Gasteiger partial charge >= 0.3 is 0 Å². The lowest BCUT2D eigenvalue weighted by molar-refractivity contribution is 0.0624. The number of rotatable bonds is 6. The molecule has 3 aromatic carbocycles. The monoisotopic (exact) mass is 490 g/mol. The van der Waals surface area contributed by atoms with Crippen molar-refractivity contribution in [2.45, 2.75) is 30.9 Å². The van der Waals surface area contributed by atoms with Crippen molar-refractivity contribution in [2.75, 3.05) is 18.4 Å². The second kappa shape index (κ2) is 10.4. The van der Waals surface area contributed by atoms with Gasteiger partial charge in [0.2, 0.25) is 0 Å². The van der Waals surface area contributed by atoms with Gasteiger partial charge in [-0.25, -0.2) is 8.42 Å². The van der Waals surface area contributed by atoms with E-state index in [-0.39, 0.29) is 22.1 Å². The van der Waals surface area contributed by atoms with Gasteiger partial charge in [-0.2, -0.15) is 0 Å². The van der Waals surface area contributed by atoms with E-state index in [1.54, 1.807) is 60.7 Å². The molecule has 2 amide bonds. The highest BCUT2D eigenvalue weighted by atomic mass is 32.2. The maximum absolute atomic E-state index is 13.3. The average Bonchev–Trinajstić information content (AvgIpc) is 2.84. The Hall–Kier alpha value is -3.45. The van der Waals surface area contributed by atoms with Crippen LogP contribution in [0.3, 0.4) is 0 Å². The highest BCUT2D eigenvalue weighted by molar-refractivity contribution is 7.90. The third-order valence-corrected chi connectivity index (χ3v) is 7.90. The van der Waals surface area contributed by atoms with Gasteiger partial charge in [0.25, 0.3) is 11.8 Å². The van der Waals surface area contributed by atoms with E-state index >= 15 is 0 Å². The van der Waals surface area contributed by atoms with Crippen LogP contribution in [0.2, 0.25) is 0 Å². The molecule has 1 saturated heterocycles. The van der Waals surface area contributed by atoms with Crippen LogP contribution in [0.1, 0.15) is 46.5 Å². The van der Waals surface area contributed by atoms with Crippen molar-refractivity contribution in [2.24, 2.45) is 11.8 Å². The number of carbonyl (C=O) groups excluding carboxylic acids is 2. The smallest absolute Gasteiger partial charge is 0.255 e. The van der Waals surface area contributed by atoms with Crippen LogP contribution in [0, 0.1) is 11.8 Å². The Morgan fingerprint density at radius 3 is 2.26 bits per heavy atom. The minimum atomic E-state index is -3.63. The van der Waals surface area contributed by atoms with Gasteiger partial charge < -0.3 is 10.2 Å². The highest BCUT2D eigenvalue weighted by Gasteiger charge is 2.27. The zero-order valence-corrected chi connectivity index (χ0v) is 20.8. The fraction of sp³-hybridized carbons (Fsp3) is 0.286. The molecule has 0 spiro atoms. The molecule has 1 fully saturated rings. The Labute approximate surface area is 206 Å². The molecule has 6 nitrogen and oxygen atoms in total. The molecule has 0 saturated carbocycles. The largest absolute Gasteiger partial charge is 0.338 e. The van der Waals surface area contributed by atoms with E-state index in [1.165, 1.54) is 12.1 Å². The van der Waals surface area contributed by atoms with Crippen LogP contribution in [0.4, 0.5) is 5.69 Å². The molecule has 182 valence electrons. The highest BCUT2D eigenvalue weighted by Crippen LogP contribution is 2.26. The Morgan fingerprint density at radius 1 is 0.886 bits per heavy atom. The van der Waals surface area contributed by atoms with E-state index in [1.807, 2.05) is 11.0 Å². The summed E-state index contributed by atoms with van der Waals surface area (Å²) in [6, 6.07) is 21.9. The molecule has 0 aromatic heterocycles. The summed E-state index contributed by atoms with van der Waals surface area (Å²) in [7, 11) is -3.63. The first-order valence-corrected chi connectivity index (χ1v) is 13.4. The van der Waals surface area contributed by atoms with Gasteiger partial charge in [0.1, 0.15) is 0 Å². The Kier molecular flexibility index (Phi) is 7.36. The summed E-state index contributed by atoms with van der Waals surface area (Å²) < 4.78 is 25.8. The SMILES string of the molecule is CC1CC(C)CN(C(=O)c2ccccc2NC(=O)c2cccc(S(=O)(=O)Cc3ccccc3)c2)C1. The summed E-state index contributed by atoms with van der Waals surface area (Å²) in [6.07, 6.45) is 1.09. The summed E-state index contributed by atoms with van der Waals surface area (Å²) >= 11 is 0. The number of carbonyl (C=O) groups is 2. The summed E-state index contributed by atoms with van der Waals surface area (Å²) in [6.45, 7) is 5.66. The molecule has 7 heteroatoms. The number of sulfone groups is 1. The molecule has 35 heavy (non-hydrogen) atoms. The molecule has 1 heterocycles. The molecule has 3 aromatic rings. The van der Waals surface area contributed by atoms with Crippen molar-refractivity contribution < 1.29 is 18.0 Å². The van der Waals surface area contributed by atoms with Crippen molar-refractivity contribution in [1.82, 2.24) is 4.90 Å². The second-order valence-corrected chi connectivity index (χ2v) is 11.4. The summed E-state index contributed by atoms with van der Waals surface area (Å²) in [5.74, 6) is 0.110. The number of anilines is 1. The van der Waals surface area contributed by atoms with Crippen LogP contribution in [-0.2, 0) is 15.6 Å². The number of hydrogen-bond acceptors (Lipinski definition) is 4. The fourth-order valence-corrected chi connectivity index (χ4v) is 6.07. The first kappa shape index (κ1) is 24.7. The topological polar surface area (TPSA) is 83.6 Å². The first-order chi connectivity index (χ1) is 16.7. The number of benzene rings is 3. The number of likely N-dealkylation sites (tertiary alicyclic amines) is 1. The van der Waals surface area contributed by atoms with Crippen LogP contribution in [0.5, 0.6) is 0 Å². The lowest BCUT2D eigenvalue weighted by Gasteiger charge is -2.35. The molecule has 1 aliphatic rings. The lowest BCUT2D eigenvalue weighted by Crippen LogP contribution is -2.42. The molecule has 0 aliphatic carbocycles. The predicted molar refractivity (Wildman–Crippen MR) is 137 cm³/mol. The van der Waals surface area contributed by atoms with Crippen LogP contribution in [0.15, 0.2) is 83.8 Å². The minimum Gasteiger partial charge on any atom is -0.338 e. The lowest BCUT2D eigenvalue weighted by atomic mass is 9.91. The van der Waals surface area contributed by atoms with Crippen molar-refractivity contribution in [3.63, 3.8) is 0 Å². The fourth-order valence-electron chi connectivity index (χ4n) is 4.68. The number of nitrogens with zero attached hydrogens (tertiary/aromatic N) is 1. The third kappa shape index (κ3) is 5.98. The summed E-state index contributed by atoms with van der Waals surface area (Å²) in [5.41, 5.74) is 1.72. The maximum atomic E-state index is 13.3. The van der Waals surface area contributed by atoms with Crippen molar-refractivity contribution in [3.05, 3.63) is 95.6 Å². The summed E-state index contributed by atoms with van der Waals surface area (Å²) in [5, 5.41) is 2.82. The van der Waals surface area contributed by atoms with E-state index in [2.05, 4.69) is 19.2 Å². The molecule has 1 aliphatic heterocycles. The predicted octanol–water partition coefficient (Wildman–Crippen LogP) is 5.03. The molecule has 0 radical (unpaired) electrons. The van der Waals surface area contributed by atoms with Gasteiger partial charge in [-0.15, -0.1) is 0 Å². The standard InChI is InChI=1S/C28H30N2O4S/c1-20-15-21(2)18-30(17-20)28(32)25-13-6-7-14-26(25)29-27(31)23-11-8-12-24(16-23)35(33,34)19-22-9-4-3-5-10-22/h3-14,16,20-21H,15,17-19H2,1-2H3,(H,29,31). The molecule has 4 rings (SSSR count). The van der Waals surface area contributed by atoms with E-state index in [0.717, 1.165) is 6.42 Å². The number of nitrogens with one attached hydrogen (secondary N) is 1. The second-order valence-electron chi connectivity index (χ2n) is 9.43. The van der Waals surface area contributed by atoms with Crippen LogP contribution in [0.25, 0.3) is 0 Å². The summed E-state index contributed by atoms with van der Waals surface area (Å²) in [4.78, 5) is 28.3. The molecule has 2 atom stereocenters. The Balaban J connectivity index is 1.54. The maximum Gasteiger partial charge on any atom is 0.255 e. The molecular formula is C28H30N2O4S. The van der Waals surface area contributed by atoms with Gasteiger partial charge in [-0.3, -0.25) is 9.59 Å². The quantitative estimate of drug-likeness (QED) is 0.525. The molecule has 0 bridgehead atoms. The Bertz CT molecular complexity index is 1310. The van der Waals surface area contributed by atoms with E-state index in [4.69, 9.17) is 0 Å². The van der Waals surface area contributed by atoms with E-state index in [0.29, 0.717) is 41.7 Å². The Morgan fingerprint density at radius 2 is 1.54 bits per heavy atom. The van der Waals surface area contributed by atoms with Gasteiger partial charge in [0.15, 0.2) is 9.84 Å². The first-order valence-electron chi connectivity index (χ1n) is 11.8. The van der Waals surface area contributed by atoms with Crippen molar-refractivity contribution >= 4 is 27.3 Å².